The van der Waals surface area contributed by atoms with Crippen molar-refractivity contribution in [3.63, 3.8) is 0 Å². The Bertz CT molecular complexity index is 772. The van der Waals surface area contributed by atoms with Crippen LogP contribution in [0.25, 0.3) is 0 Å². The molecule has 1 aromatic heterocycles. The van der Waals surface area contributed by atoms with Gasteiger partial charge < -0.3 is 24.2 Å². The van der Waals surface area contributed by atoms with Gasteiger partial charge in [-0.2, -0.15) is 4.98 Å². The van der Waals surface area contributed by atoms with Gasteiger partial charge >= 0.3 is 6.03 Å². The van der Waals surface area contributed by atoms with Crippen molar-refractivity contribution in [3.05, 3.63) is 36.0 Å². The second-order valence-corrected chi connectivity index (χ2v) is 7.00. The van der Waals surface area contributed by atoms with Crippen LogP contribution in [-0.4, -0.2) is 47.4 Å². The Morgan fingerprint density at radius 2 is 2.11 bits per heavy atom. The van der Waals surface area contributed by atoms with E-state index >= 15 is 0 Å². The molecule has 27 heavy (non-hydrogen) atoms. The highest BCUT2D eigenvalue weighted by Gasteiger charge is 2.29. The van der Waals surface area contributed by atoms with E-state index in [0.29, 0.717) is 31.5 Å². The van der Waals surface area contributed by atoms with Gasteiger partial charge in [0, 0.05) is 24.7 Å². The number of nitrogens with one attached hydrogen (secondary N) is 1. The summed E-state index contributed by atoms with van der Waals surface area (Å²) in [4.78, 5) is 18.7. The van der Waals surface area contributed by atoms with Crippen LogP contribution in [0.2, 0.25) is 0 Å². The first-order chi connectivity index (χ1) is 13.2. The molecule has 2 aliphatic rings. The zero-order valence-electron chi connectivity index (χ0n) is 15.4. The van der Waals surface area contributed by atoms with E-state index in [1.807, 2.05) is 24.3 Å². The highest BCUT2D eigenvalue weighted by molar-refractivity contribution is 5.89. The van der Waals surface area contributed by atoms with Crippen molar-refractivity contribution in [1.29, 1.82) is 0 Å². The van der Waals surface area contributed by atoms with E-state index in [1.165, 1.54) is 0 Å². The summed E-state index contributed by atoms with van der Waals surface area (Å²) in [7, 11) is 1.61. The number of ether oxygens (including phenoxy) is 2. The first-order valence-corrected chi connectivity index (χ1v) is 9.35. The average Bonchev–Trinajstić information content (AvgIpc) is 3.45. The topological polar surface area (TPSA) is 89.7 Å². The van der Waals surface area contributed by atoms with Crippen molar-refractivity contribution in [2.75, 3.05) is 25.5 Å². The van der Waals surface area contributed by atoms with E-state index in [1.54, 1.807) is 12.0 Å². The molecule has 1 saturated heterocycles. The lowest BCUT2D eigenvalue weighted by Crippen LogP contribution is -2.45. The third-order valence-electron chi connectivity index (χ3n) is 4.88. The number of hydrogen-bond acceptors (Lipinski definition) is 6. The lowest BCUT2D eigenvalue weighted by molar-refractivity contribution is -0.00916. The summed E-state index contributed by atoms with van der Waals surface area (Å²) < 4.78 is 16.3. The van der Waals surface area contributed by atoms with Gasteiger partial charge in [0.2, 0.25) is 0 Å². The molecule has 1 aromatic carbocycles. The molecule has 1 N–H and O–H groups in total. The molecule has 2 aromatic rings. The molecule has 144 valence electrons. The van der Waals surface area contributed by atoms with Crippen LogP contribution in [0.1, 0.15) is 43.3 Å². The van der Waals surface area contributed by atoms with Crippen molar-refractivity contribution in [1.82, 2.24) is 15.0 Å². The molecule has 0 spiro atoms. The Labute approximate surface area is 157 Å². The Morgan fingerprint density at radius 3 is 2.85 bits per heavy atom. The zero-order chi connectivity index (χ0) is 18.6. The third-order valence-corrected chi connectivity index (χ3v) is 4.88. The number of hydrogen-bond donors (Lipinski definition) is 1. The van der Waals surface area contributed by atoms with Crippen LogP contribution >= 0.6 is 0 Å². The van der Waals surface area contributed by atoms with Crippen molar-refractivity contribution in [2.24, 2.45) is 0 Å². The fraction of sp³-hybridized carbons (Fsp3) is 0.526. The van der Waals surface area contributed by atoms with Crippen LogP contribution < -0.4 is 10.1 Å². The van der Waals surface area contributed by atoms with Gasteiger partial charge in [-0.15, -0.1) is 0 Å². The minimum absolute atomic E-state index is 0.0309. The number of likely N-dealkylation sites (tertiary alicyclic amines) is 1. The Balaban J connectivity index is 1.26. The van der Waals surface area contributed by atoms with Crippen molar-refractivity contribution in [3.8, 4) is 5.75 Å². The van der Waals surface area contributed by atoms with E-state index < -0.39 is 0 Å². The molecule has 1 saturated carbocycles. The SMILES string of the molecule is COc1ccc(NC(=O)N2CCCC(OCc3nc(C4CC4)no3)C2)cc1. The molecule has 4 rings (SSSR count). The first-order valence-electron chi connectivity index (χ1n) is 9.35. The summed E-state index contributed by atoms with van der Waals surface area (Å²) in [6.07, 6.45) is 4.06. The second kappa shape index (κ2) is 7.96. The normalized spacial score (nSPS) is 19.7. The molecule has 1 unspecified atom stereocenters. The highest BCUT2D eigenvalue weighted by atomic mass is 16.5. The predicted octanol–water partition coefficient (Wildman–Crippen LogP) is 3.17. The number of piperidine rings is 1. The minimum Gasteiger partial charge on any atom is -0.497 e. The summed E-state index contributed by atoms with van der Waals surface area (Å²) in [5.41, 5.74) is 0.738. The van der Waals surface area contributed by atoms with Gasteiger partial charge in [0.05, 0.1) is 13.2 Å². The summed E-state index contributed by atoms with van der Waals surface area (Å²) in [6.45, 7) is 1.55. The second-order valence-electron chi connectivity index (χ2n) is 7.00. The first kappa shape index (κ1) is 17.8. The quantitative estimate of drug-likeness (QED) is 0.838. The molecule has 2 fully saturated rings. The maximum Gasteiger partial charge on any atom is 0.321 e. The van der Waals surface area contributed by atoms with Gasteiger partial charge in [-0.3, -0.25) is 0 Å². The lowest BCUT2D eigenvalue weighted by Gasteiger charge is -2.32. The van der Waals surface area contributed by atoms with E-state index in [4.69, 9.17) is 14.0 Å². The molecule has 8 nitrogen and oxygen atoms in total. The van der Waals surface area contributed by atoms with Crippen LogP contribution in [0.3, 0.4) is 0 Å². The van der Waals surface area contributed by atoms with Crippen molar-refractivity contribution >= 4 is 11.7 Å². The van der Waals surface area contributed by atoms with Gasteiger partial charge in [0.25, 0.3) is 5.89 Å². The summed E-state index contributed by atoms with van der Waals surface area (Å²) >= 11 is 0. The predicted molar refractivity (Wildman–Crippen MR) is 97.7 cm³/mol. The number of carbonyl (C=O) groups excluding carboxylic acids is 1. The van der Waals surface area contributed by atoms with Crippen LogP contribution in [0.15, 0.2) is 28.8 Å². The number of benzene rings is 1. The van der Waals surface area contributed by atoms with Crippen molar-refractivity contribution in [2.45, 2.75) is 44.3 Å². The molecule has 0 bridgehead atoms. The maximum atomic E-state index is 12.5. The molecule has 1 aliphatic heterocycles. The van der Waals surface area contributed by atoms with Gasteiger partial charge in [-0.1, -0.05) is 5.16 Å². The monoisotopic (exact) mass is 372 g/mol. The number of urea groups is 1. The van der Waals surface area contributed by atoms with Gasteiger partial charge in [0.1, 0.15) is 12.4 Å². The number of anilines is 1. The third kappa shape index (κ3) is 4.57. The van der Waals surface area contributed by atoms with E-state index in [-0.39, 0.29) is 12.1 Å². The van der Waals surface area contributed by atoms with Crippen LogP contribution in [0.4, 0.5) is 10.5 Å². The van der Waals surface area contributed by atoms with Crippen molar-refractivity contribution < 1.29 is 18.8 Å². The molecule has 2 heterocycles. The van der Waals surface area contributed by atoms with Crippen LogP contribution in [-0.2, 0) is 11.3 Å². The largest absolute Gasteiger partial charge is 0.497 e. The van der Waals surface area contributed by atoms with E-state index in [0.717, 1.165) is 42.9 Å². The standard InChI is InChI=1S/C19H24N4O4/c1-25-15-8-6-14(7-9-15)20-19(24)23-10-2-3-16(11-23)26-12-17-21-18(22-27-17)13-4-5-13/h6-9,13,16H,2-5,10-12H2,1H3,(H,20,24). The lowest BCUT2D eigenvalue weighted by atomic mass is 10.1. The number of rotatable bonds is 6. The van der Waals surface area contributed by atoms with Gasteiger partial charge in [0.15, 0.2) is 5.82 Å². The van der Waals surface area contributed by atoms with Gasteiger partial charge in [-0.05, 0) is 49.9 Å². The number of methoxy groups -OCH3 is 1. The number of amides is 2. The fourth-order valence-electron chi connectivity index (χ4n) is 3.16. The summed E-state index contributed by atoms with van der Waals surface area (Å²) in [5, 5.41) is 6.91. The Hall–Kier alpha value is -2.61. The van der Waals surface area contributed by atoms with Crippen LogP contribution in [0.5, 0.6) is 5.75 Å². The fourth-order valence-corrected chi connectivity index (χ4v) is 3.16. The Kier molecular flexibility index (Phi) is 5.24. The molecule has 8 heteroatoms. The number of nitrogens with zero attached hydrogens (tertiary/aromatic N) is 3. The molecule has 2 amide bonds. The maximum absolute atomic E-state index is 12.5. The Morgan fingerprint density at radius 1 is 1.30 bits per heavy atom. The summed E-state index contributed by atoms with van der Waals surface area (Å²) in [6, 6.07) is 7.15. The molecule has 0 radical (unpaired) electrons. The van der Waals surface area contributed by atoms with Crippen LogP contribution in [0, 0.1) is 0 Å². The van der Waals surface area contributed by atoms with E-state index in [2.05, 4.69) is 15.5 Å². The molecule has 1 aliphatic carbocycles. The number of carbonyl (C=O) groups is 1. The zero-order valence-corrected chi connectivity index (χ0v) is 15.4. The summed E-state index contributed by atoms with van der Waals surface area (Å²) in [5.74, 6) is 2.52. The number of aromatic nitrogens is 2. The smallest absolute Gasteiger partial charge is 0.321 e. The molecular formula is C19H24N4O4. The van der Waals surface area contributed by atoms with Gasteiger partial charge in [-0.25, -0.2) is 4.79 Å². The van der Waals surface area contributed by atoms with E-state index in [9.17, 15) is 4.79 Å². The minimum atomic E-state index is -0.123. The highest BCUT2D eigenvalue weighted by Crippen LogP contribution is 2.38. The average molecular weight is 372 g/mol. The molecule has 1 atom stereocenters. The molecular weight excluding hydrogens is 348 g/mol.